The van der Waals surface area contributed by atoms with Gasteiger partial charge >= 0.3 is 0 Å². The van der Waals surface area contributed by atoms with E-state index in [2.05, 4.69) is 0 Å². The van der Waals surface area contributed by atoms with Crippen molar-refractivity contribution in [2.24, 2.45) is 30.0 Å². The molecule has 0 aromatic heterocycles. The molecule has 0 saturated heterocycles. The van der Waals surface area contributed by atoms with Crippen LogP contribution in [-0.4, -0.2) is 104 Å². The molecule has 3 aromatic rings. The minimum atomic E-state index is -0.168. The summed E-state index contributed by atoms with van der Waals surface area (Å²) in [5.41, 5.74) is 2.24. The van der Waals surface area contributed by atoms with Gasteiger partial charge in [-0.1, -0.05) is 38.5 Å². The van der Waals surface area contributed by atoms with E-state index in [1.165, 1.54) is 36.4 Å². The lowest BCUT2D eigenvalue weighted by Gasteiger charge is -2.26. The van der Waals surface area contributed by atoms with E-state index < -0.39 is 0 Å². The number of hydrogen-bond donors (Lipinski definition) is 6. The second-order valence-electron chi connectivity index (χ2n) is 14.8. The van der Waals surface area contributed by atoms with E-state index in [0.717, 1.165) is 77.0 Å². The Morgan fingerprint density at radius 1 is 0.278 bits per heavy atom. The van der Waals surface area contributed by atoms with Gasteiger partial charge in [-0.05, 0) is 74.9 Å². The highest BCUT2D eigenvalue weighted by molar-refractivity contribution is 5.92. The third kappa shape index (κ3) is 8.64. The molecule has 0 radical (unpaired) electrons. The quantitative estimate of drug-likeness (QED) is 0.138. The van der Waals surface area contributed by atoms with Crippen LogP contribution < -0.4 is 0 Å². The molecule has 3 aliphatic carbocycles. The Bertz CT molecular complexity index is 1650. The average molecular weight is 733 g/mol. The Morgan fingerprint density at radius 3 is 0.574 bits per heavy atom. The van der Waals surface area contributed by atoms with E-state index in [-0.39, 0.29) is 70.7 Å². The summed E-state index contributed by atoms with van der Waals surface area (Å²) in [7, 11) is 0. The Labute approximate surface area is 314 Å². The molecule has 0 unspecified atom stereocenters. The largest absolute Gasteiger partial charge is 0.507 e. The van der Waals surface area contributed by atoms with Crippen molar-refractivity contribution in [2.75, 3.05) is 0 Å². The summed E-state index contributed by atoms with van der Waals surface area (Å²) < 4.78 is 0. The van der Waals surface area contributed by atoms with Gasteiger partial charge in [0.15, 0.2) is 0 Å². The first kappa shape index (κ1) is 36.8. The molecule has 12 heteroatoms. The predicted molar refractivity (Wildman–Crippen MR) is 213 cm³/mol. The van der Waals surface area contributed by atoms with Gasteiger partial charge in [0.05, 0.1) is 36.3 Å². The molecule has 12 rings (SSSR count). The summed E-state index contributed by atoms with van der Waals surface area (Å²) in [6.45, 7) is 0. The Morgan fingerprint density at radius 2 is 0.426 bits per heavy atom. The Balaban J connectivity index is 1.24. The maximum absolute atomic E-state index is 10.9. The van der Waals surface area contributed by atoms with Crippen LogP contribution in [0.4, 0.5) is 0 Å². The highest BCUT2D eigenvalue weighted by Gasteiger charge is 2.26. The van der Waals surface area contributed by atoms with Gasteiger partial charge in [0.25, 0.3) is 0 Å². The SMILES string of the molecule is Oc1cc2c(O)cc1C=N[C@@H]1CCCC[C@H]1N=Cc1cc(O)c(cc1O)C=N[C@@H]1CCCC[C@H]1N=Cc1cc(O)c(cc1O)C=N[C@@H]1CCCC[C@H]1N=C2. The fourth-order valence-electron chi connectivity index (χ4n) is 7.82. The molecule has 282 valence electrons. The topological polar surface area (TPSA) is 196 Å². The van der Waals surface area contributed by atoms with E-state index in [1.807, 2.05) is 0 Å². The highest BCUT2D eigenvalue weighted by atomic mass is 16.3. The third-order valence-corrected chi connectivity index (χ3v) is 11.0. The van der Waals surface area contributed by atoms with E-state index in [0.29, 0.717) is 33.4 Å². The van der Waals surface area contributed by atoms with Gasteiger partial charge in [0.1, 0.15) is 34.5 Å². The molecule has 6 atom stereocenters. The predicted octanol–water partition coefficient (Wildman–Crippen LogP) is 6.78. The number of phenolic OH excluding ortho intramolecular Hbond substituents is 6. The molecule has 3 aromatic carbocycles. The molecule has 0 spiro atoms. The molecule has 6 bridgehead atoms. The number of phenols is 6. The van der Waals surface area contributed by atoms with Crippen molar-refractivity contribution < 1.29 is 30.6 Å². The van der Waals surface area contributed by atoms with Crippen molar-refractivity contribution >= 4 is 37.3 Å². The minimum absolute atomic E-state index is 0.0430. The Hall–Kier alpha value is -5.52. The van der Waals surface area contributed by atoms with Crippen molar-refractivity contribution in [1.29, 1.82) is 0 Å². The van der Waals surface area contributed by atoms with Gasteiger partial charge in [-0.15, -0.1) is 0 Å². The van der Waals surface area contributed by atoms with Gasteiger partial charge in [0, 0.05) is 70.7 Å². The van der Waals surface area contributed by atoms with Crippen LogP contribution in [0.5, 0.6) is 34.5 Å². The van der Waals surface area contributed by atoms with E-state index in [9.17, 15) is 30.6 Å². The number of benzene rings is 3. The van der Waals surface area contributed by atoms with Crippen LogP contribution in [0.3, 0.4) is 0 Å². The number of nitrogens with zero attached hydrogens (tertiary/aromatic N) is 6. The maximum Gasteiger partial charge on any atom is 0.125 e. The smallest absolute Gasteiger partial charge is 0.125 e. The molecule has 0 amide bonds. The molecule has 3 saturated carbocycles. The second kappa shape index (κ2) is 16.7. The summed E-state index contributed by atoms with van der Waals surface area (Å²) in [6, 6.07) is 7.83. The molecule has 3 fully saturated rings. The monoisotopic (exact) mass is 732 g/mol. The molecular weight excluding hydrogens is 684 g/mol. The first-order valence-corrected chi connectivity index (χ1v) is 19.1. The normalized spacial score (nSPS) is 26.0. The van der Waals surface area contributed by atoms with Crippen molar-refractivity contribution in [3.05, 3.63) is 69.8 Å². The lowest BCUT2D eigenvalue weighted by molar-refractivity contribution is 0.389. The lowest BCUT2D eigenvalue weighted by Crippen LogP contribution is -2.27. The van der Waals surface area contributed by atoms with Crippen LogP contribution in [0.15, 0.2) is 66.4 Å². The standard InChI is InChI=1S/C42H48N6O6/c49-37-15-27-21-45-33-9-3-4-10-34(33)47-23-29-17-42(54)30(18-41(29)53)24-48-36-12-6-5-11-35(36)46-22-28-16-39(51)26(14-40(28)52)20-44-32-8-2-1-7-31(32)43-19-25(37)13-38(27)50/h13-24,31-36,49-54H,1-12H2/t31-,32-,33-,34-,35-,36-/m1/s1. The molecule has 54 heavy (non-hydrogen) atoms. The average Bonchev–Trinajstić information content (AvgIpc) is 3.17. The summed E-state index contributed by atoms with van der Waals surface area (Å²) in [5, 5.41) is 65.5. The van der Waals surface area contributed by atoms with Gasteiger partial charge in [-0.25, -0.2) is 0 Å². The van der Waals surface area contributed by atoms with Gasteiger partial charge in [-0.2, -0.15) is 0 Å². The van der Waals surface area contributed by atoms with Gasteiger partial charge in [-0.3, -0.25) is 30.0 Å². The molecule has 6 heterocycles. The molecule has 6 N–H and O–H groups in total. The zero-order valence-electron chi connectivity index (χ0n) is 30.2. The van der Waals surface area contributed by atoms with Crippen LogP contribution in [0.25, 0.3) is 0 Å². The highest BCUT2D eigenvalue weighted by Crippen LogP contribution is 2.32. The van der Waals surface area contributed by atoms with Gasteiger partial charge < -0.3 is 30.6 Å². The van der Waals surface area contributed by atoms with Crippen molar-refractivity contribution in [3.8, 4) is 34.5 Å². The number of aliphatic imine (C=N–C) groups is 6. The van der Waals surface area contributed by atoms with Crippen LogP contribution in [0.1, 0.15) is 110 Å². The maximum atomic E-state index is 10.9. The number of hydrogen-bond acceptors (Lipinski definition) is 12. The van der Waals surface area contributed by atoms with Crippen LogP contribution >= 0.6 is 0 Å². The number of aromatic hydroxyl groups is 6. The van der Waals surface area contributed by atoms with Crippen LogP contribution in [-0.2, 0) is 0 Å². The zero-order valence-corrected chi connectivity index (χ0v) is 30.2. The summed E-state index contributed by atoms with van der Waals surface area (Å²) in [6.07, 6.45) is 20.1. The minimum Gasteiger partial charge on any atom is -0.507 e. The van der Waals surface area contributed by atoms with Crippen molar-refractivity contribution in [3.63, 3.8) is 0 Å². The summed E-state index contributed by atoms with van der Waals surface area (Å²) >= 11 is 0. The third-order valence-electron chi connectivity index (χ3n) is 11.0. The summed E-state index contributed by atoms with van der Waals surface area (Å²) in [4.78, 5) is 28.6. The fraction of sp³-hybridized carbons (Fsp3) is 0.429. The molecule has 6 aliphatic heterocycles. The fourth-order valence-corrected chi connectivity index (χ4v) is 7.82. The van der Waals surface area contributed by atoms with Crippen LogP contribution in [0.2, 0.25) is 0 Å². The Kier molecular flexibility index (Phi) is 11.4. The van der Waals surface area contributed by atoms with E-state index in [1.54, 1.807) is 37.3 Å². The van der Waals surface area contributed by atoms with E-state index >= 15 is 0 Å². The molecule has 12 nitrogen and oxygen atoms in total. The summed E-state index contributed by atoms with van der Waals surface area (Å²) in [5.74, 6) is -0.258. The van der Waals surface area contributed by atoms with Crippen LogP contribution in [0, 0.1) is 0 Å². The first-order valence-electron chi connectivity index (χ1n) is 19.1. The molecule has 9 aliphatic rings. The first-order chi connectivity index (χ1) is 26.2. The van der Waals surface area contributed by atoms with E-state index in [4.69, 9.17) is 30.0 Å². The zero-order chi connectivity index (χ0) is 37.6. The second-order valence-corrected chi connectivity index (χ2v) is 14.8. The van der Waals surface area contributed by atoms with Gasteiger partial charge in [0.2, 0.25) is 0 Å². The van der Waals surface area contributed by atoms with Crippen molar-refractivity contribution in [2.45, 2.75) is 113 Å². The number of rotatable bonds is 0. The lowest BCUT2D eigenvalue weighted by atomic mass is 9.91. The molecular formula is C42H48N6O6. The van der Waals surface area contributed by atoms with Crippen molar-refractivity contribution in [1.82, 2.24) is 0 Å².